The SMILES string of the molecule is CC(C)[C@@H](C)Nc1c(-c2c(F)cc(OC3CC4(CCNCC4)C3)cc2F)c(Cl)nc2ncnn12. The minimum absolute atomic E-state index is 0.0244. The first-order chi connectivity index (χ1) is 16.3. The van der Waals surface area contributed by atoms with Gasteiger partial charge in [-0.1, -0.05) is 25.4 Å². The van der Waals surface area contributed by atoms with Crippen LogP contribution in [0.5, 0.6) is 5.75 Å². The highest BCUT2D eigenvalue weighted by Gasteiger charge is 2.46. The van der Waals surface area contributed by atoms with E-state index in [9.17, 15) is 0 Å². The molecule has 10 heteroatoms. The second kappa shape index (κ2) is 8.92. The lowest BCUT2D eigenvalue weighted by atomic mass is 9.62. The van der Waals surface area contributed by atoms with Gasteiger partial charge in [0, 0.05) is 18.2 Å². The molecular formula is C24H29ClF2N6O. The van der Waals surface area contributed by atoms with Crippen LogP contribution in [0.15, 0.2) is 18.5 Å². The van der Waals surface area contributed by atoms with Gasteiger partial charge < -0.3 is 15.4 Å². The zero-order valence-electron chi connectivity index (χ0n) is 19.5. The fourth-order valence-electron chi connectivity index (χ4n) is 4.96. The van der Waals surface area contributed by atoms with Crippen molar-refractivity contribution in [3.8, 4) is 16.9 Å². The largest absolute Gasteiger partial charge is 0.490 e. The molecular weight excluding hydrogens is 462 g/mol. The third kappa shape index (κ3) is 4.20. The van der Waals surface area contributed by atoms with Gasteiger partial charge >= 0.3 is 0 Å². The molecule has 2 aliphatic rings. The fourth-order valence-corrected chi connectivity index (χ4v) is 5.22. The van der Waals surface area contributed by atoms with E-state index in [1.54, 1.807) is 0 Å². The predicted molar refractivity (Wildman–Crippen MR) is 127 cm³/mol. The van der Waals surface area contributed by atoms with E-state index in [0.717, 1.165) is 38.8 Å². The zero-order valence-corrected chi connectivity index (χ0v) is 20.3. The number of rotatable bonds is 6. The maximum absolute atomic E-state index is 15.4. The molecule has 3 heterocycles. The lowest BCUT2D eigenvalue weighted by Crippen LogP contribution is -2.49. The Labute approximate surface area is 202 Å². The van der Waals surface area contributed by atoms with Crippen molar-refractivity contribution < 1.29 is 13.5 Å². The Morgan fingerprint density at radius 1 is 1.15 bits per heavy atom. The maximum atomic E-state index is 15.4. The molecule has 2 fully saturated rings. The molecule has 1 saturated carbocycles. The standard InChI is InChI=1S/C24H29ClF2N6O/c1-13(2)14(3)31-22-20(21(25)32-23-29-12-30-33(22)23)19-17(26)8-15(9-18(19)27)34-16-10-24(11-16)4-6-28-7-5-24/h8-9,12-14,16,28,31H,4-7,10-11H2,1-3H3/t14-/m1/s1. The first kappa shape index (κ1) is 23.2. The van der Waals surface area contributed by atoms with Crippen LogP contribution < -0.4 is 15.4 Å². The number of hydrogen-bond acceptors (Lipinski definition) is 6. The van der Waals surface area contributed by atoms with Crippen molar-refractivity contribution in [3.63, 3.8) is 0 Å². The quantitative estimate of drug-likeness (QED) is 0.469. The van der Waals surface area contributed by atoms with Crippen molar-refractivity contribution in [2.24, 2.45) is 11.3 Å². The van der Waals surface area contributed by atoms with Gasteiger partial charge in [0.25, 0.3) is 5.78 Å². The molecule has 0 amide bonds. The number of halogens is 3. The second-order valence-electron chi connectivity index (χ2n) is 9.94. The molecule has 0 unspecified atom stereocenters. The van der Waals surface area contributed by atoms with Crippen LogP contribution in [-0.2, 0) is 0 Å². The third-order valence-corrected chi connectivity index (χ3v) is 7.57. The van der Waals surface area contributed by atoms with Gasteiger partial charge in [0.2, 0.25) is 0 Å². The normalized spacial score (nSPS) is 18.9. The van der Waals surface area contributed by atoms with Gasteiger partial charge in [-0.25, -0.2) is 8.78 Å². The molecule has 2 aromatic heterocycles. The number of nitrogens with one attached hydrogen (secondary N) is 2. The van der Waals surface area contributed by atoms with E-state index >= 15 is 8.78 Å². The summed E-state index contributed by atoms with van der Waals surface area (Å²) in [4.78, 5) is 8.27. The van der Waals surface area contributed by atoms with Crippen molar-refractivity contribution in [1.82, 2.24) is 24.9 Å². The minimum Gasteiger partial charge on any atom is -0.490 e. The Morgan fingerprint density at radius 3 is 2.47 bits per heavy atom. The van der Waals surface area contributed by atoms with E-state index in [1.165, 1.54) is 23.0 Å². The summed E-state index contributed by atoms with van der Waals surface area (Å²) in [5, 5.41) is 10.8. The van der Waals surface area contributed by atoms with Gasteiger partial charge in [0.15, 0.2) is 0 Å². The van der Waals surface area contributed by atoms with Gasteiger partial charge in [-0.2, -0.15) is 19.6 Å². The molecule has 0 bridgehead atoms. The summed E-state index contributed by atoms with van der Waals surface area (Å²) >= 11 is 6.44. The minimum atomic E-state index is -0.769. The van der Waals surface area contributed by atoms with E-state index in [0.29, 0.717) is 11.2 Å². The Bertz CT molecular complexity index is 1180. The predicted octanol–water partition coefficient (Wildman–Crippen LogP) is 5.09. The summed E-state index contributed by atoms with van der Waals surface area (Å²) in [5.41, 5.74) is 0.141. The van der Waals surface area contributed by atoms with Crippen LogP contribution in [0.2, 0.25) is 5.15 Å². The molecule has 0 radical (unpaired) electrons. The first-order valence-corrected chi connectivity index (χ1v) is 12.2. The average Bonchev–Trinajstić information content (AvgIpc) is 3.22. The molecule has 182 valence electrons. The molecule has 1 aromatic carbocycles. The third-order valence-electron chi connectivity index (χ3n) is 7.30. The fraction of sp³-hybridized carbons (Fsp3) is 0.542. The Balaban J connectivity index is 1.47. The molecule has 2 N–H and O–H groups in total. The summed E-state index contributed by atoms with van der Waals surface area (Å²) < 4.78 is 38.2. The number of nitrogens with zero attached hydrogens (tertiary/aromatic N) is 4. The molecule has 7 nitrogen and oxygen atoms in total. The number of fused-ring (bicyclic) bond motifs is 1. The van der Waals surface area contributed by atoms with E-state index in [-0.39, 0.29) is 45.9 Å². The van der Waals surface area contributed by atoms with Gasteiger partial charge in [-0.15, -0.1) is 0 Å². The van der Waals surface area contributed by atoms with Gasteiger partial charge in [-0.3, -0.25) is 0 Å². The number of piperidine rings is 1. The van der Waals surface area contributed by atoms with Crippen LogP contribution in [0.1, 0.15) is 46.5 Å². The molecule has 5 rings (SSSR count). The van der Waals surface area contributed by atoms with Crippen LogP contribution in [0.25, 0.3) is 16.9 Å². The average molecular weight is 491 g/mol. The maximum Gasteiger partial charge on any atom is 0.255 e. The number of ether oxygens (including phenoxy) is 1. The number of benzene rings is 1. The van der Waals surface area contributed by atoms with Crippen molar-refractivity contribution >= 4 is 23.2 Å². The summed E-state index contributed by atoms with van der Waals surface area (Å²) in [5.74, 6) is -0.529. The first-order valence-electron chi connectivity index (χ1n) is 11.8. The number of hydrogen-bond donors (Lipinski definition) is 2. The number of aromatic nitrogens is 4. The van der Waals surface area contributed by atoms with Crippen molar-refractivity contribution in [2.45, 2.75) is 58.6 Å². The summed E-state index contributed by atoms with van der Waals surface area (Å²) in [6, 6.07) is 2.42. The van der Waals surface area contributed by atoms with E-state index in [4.69, 9.17) is 16.3 Å². The molecule has 3 aromatic rings. The van der Waals surface area contributed by atoms with Crippen LogP contribution in [-0.4, -0.2) is 44.8 Å². The summed E-state index contributed by atoms with van der Waals surface area (Å²) in [7, 11) is 0. The van der Waals surface area contributed by atoms with Crippen molar-refractivity contribution in [1.29, 1.82) is 0 Å². The molecule has 34 heavy (non-hydrogen) atoms. The van der Waals surface area contributed by atoms with Crippen molar-refractivity contribution in [2.75, 3.05) is 18.4 Å². The zero-order chi connectivity index (χ0) is 24.0. The van der Waals surface area contributed by atoms with Gasteiger partial charge in [-0.05, 0) is 57.0 Å². The summed E-state index contributed by atoms with van der Waals surface area (Å²) in [6.45, 7) is 8.09. The lowest BCUT2D eigenvalue weighted by Gasteiger charge is -2.49. The monoisotopic (exact) mass is 490 g/mol. The highest BCUT2D eigenvalue weighted by atomic mass is 35.5. The molecule has 1 aliphatic heterocycles. The van der Waals surface area contributed by atoms with Gasteiger partial charge in [0.1, 0.15) is 34.7 Å². The molecule has 1 atom stereocenters. The van der Waals surface area contributed by atoms with Gasteiger partial charge in [0.05, 0.1) is 17.2 Å². The van der Waals surface area contributed by atoms with Crippen molar-refractivity contribution in [3.05, 3.63) is 35.2 Å². The smallest absolute Gasteiger partial charge is 0.255 e. The van der Waals surface area contributed by atoms with Crippen LogP contribution >= 0.6 is 11.6 Å². The number of anilines is 1. The highest BCUT2D eigenvalue weighted by molar-refractivity contribution is 6.33. The lowest BCUT2D eigenvalue weighted by molar-refractivity contribution is -0.0349. The van der Waals surface area contributed by atoms with E-state index < -0.39 is 11.6 Å². The highest BCUT2D eigenvalue weighted by Crippen LogP contribution is 2.49. The second-order valence-corrected chi connectivity index (χ2v) is 10.3. The molecule has 1 saturated heterocycles. The van der Waals surface area contributed by atoms with E-state index in [1.807, 2.05) is 20.8 Å². The van der Waals surface area contributed by atoms with Crippen LogP contribution in [0.4, 0.5) is 14.6 Å². The summed E-state index contributed by atoms with van der Waals surface area (Å²) in [6.07, 6.45) is 5.37. The van der Waals surface area contributed by atoms with Crippen LogP contribution in [0.3, 0.4) is 0 Å². The molecule has 1 spiro atoms. The topological polar surface area (TPSA) is 76.4 Å². The Kier molecular flexibility index (Phi) is 6.10. The molecule has 1 aliphatic carbocycles. The van der Waals surface area contributed by atoms with E-state index in [2.05, 4.69) is 25.7 Å². The Hall–Kier alpha value is -2.52. The Morgan fingerprint density at radius 2 is 1.82 bits per heavy atom. The van der Waals surface area contributed by atoms with Crippen LogP contribution in [0, 0.1) is 23.0 Å².